The summed E-state index contributed by atoms with van der Waals surface area (Å²) < 4.78 is 11.5. The average Bonchev–Trinajstić information content (AvgIpc) is 3.24. The standard InChI is InChI=1S/C22H20N4O4/c1-14(2)15-7-9-16(10-8-15)21-24-19(30-25-21)12-29-20(27)11-26-13-23-18-6-4-3-5-17(18)22(26)28/h3-10,13-14H,11-12H2,1-2H3. The molecule has 0 saturated carbocycles. The van der Waals surface area contributed by atoms with Crippen molar-refractivity contribution in [2.24, 2.45) is 0 Å². The molecular formula is C22H20N4O4. The van der Waals surface area contributed by atoms with Crippen LogP contribution in [0.25, 0.3) is 22.3 Å². The molecule has 2 aromatic carbocycles. The number of esters is 1. The smallest absolute Gasteiger partial charge is 0.326 e. The van der Waals surface area contributed by atoms with Crippen molar-refractivity contribution in [2.75, 3.05) is 0 Å². The van der Waals surface area contributed by atoms with E-state index in [9.17, 15) is 9.59 Å². The fourth-order valence-electron chi connectivity index (χ4n) is 2.99. The van der Waals surface area contributed by atoms with Crippen LogP contribution < -0.4 is 5.56 Å². The number of carbonyl (C=O) groups is 1. The first-order chi connectivity index (χ1) is 14.5. The van der Waals surface area contributed by atoms with Gasteiger partial charge in [-0.15, -0.1) is 0 Å². The first-order valence-corrected chi connectivity index (χ1v) is 9.54. The molecule has 0 N–H and O–H groups in total. The van der Waals surface area contributed by atoms with Gasteiger partial charge in [-0.2, -0.15) is 4.98 Å². The van der Waals surface area contributed by atoms with Gasteiger partial charge in [0.05, 0.1) is 17.2 Å². The summed E-state index contributed by atoms with van der Waals surface area (Å²) in [5.74, 6) is 0.432. The molecule has 0 atom stereocenters. The maximum Gasteiger partial charge on any atom is 0.326 e. The van der Waals surface area contributed by atoms with Crippen molar-refractivity contribution < 1.29 is 14.1 Å². The lowest BCUT2D eigenvalue weighted by atomic mass is 10.0. The Morgan fingerprint density at radius 1 is 1.13 bits per heavy atom. The predicted molar refractivity (Wildman–Crippen MR) is 110 cm³/mol. The largest absolute Gasteiger partial charge is 0.454 e. The third-order valence-electron chi connectivity index (χ3n) is 4.69. The molecule has 0 saturated heterocycles. The maximum atomic E-state index is 12.4. The molecular weight excluding hydrogens is 384 g/mol. The van der Waals surface area contributed by atoms with Crippen molar-refractivity contribution in [3.8, 4) is 11.4 Å². The highest BCUT2D eigenvalue weighted by Gasteiger charge is 2.13. The number of hydrogen-bond donors (Lipinski definition) is 0. The molecule has 152 valence electrons. The Labute approximate surface area is 172 Å². The van der Waals surface area contributed by atoms with Crippen molar-refractivity contribution in [3.05, 3.63) is 76.7 Å². The number of ether oxygens (including phenoxy) is 1. The molecule has 0 unspecified atom stereocenters. The number of rotatable bonds is 6. The Bertz CT molecular complexity index is 1240. The molecule has 0 aliphatic rings. The molecule has 0 radical (unpaired) electrons. The second-order valence-electron chi connectivity index (χ2n) is 7.14. The van der Waals surface area contributed by atoms with Crippen molar-refractivity contribution in [2.45, 2.75) is 32.9 Å². The Hall–Kier alpha value is -3.81. The SMILES string of the molecule is CC(C)c1ccc(-c2noc(COC(=O)Cn3cnc4ccccc4c3=O)n2)cc1. The number of benzene rings is 2. The summed E-state index contributed by atoms with van der Waals surface area (Å²) in [4.78, 5) is 33.0. The molecule has 2 aromatic heterocycles. The molecule has 30 heavy (non-hydrogen) atoms. The highest BCUT2D eigenvalue weighted by atomic mass is 16.6. The zero-order chi connectivity index (χ0) is 21.1. The van der Waals surface area contributed by atoms with Crippen molar-refractivity contribution in [1.29, 1.82) is 0 Å². The van der Waals surface area contributed by atoms with E-state index in [-0.39, 0.29) is 24.6 Å². The number of carbonyl (C=O) groups excluding carboxylic acids is 1. The molecule has 0 amide bonds. The predicted octanol–water partition coefficient (Wildman–Crippen LogP) is 3.31. The summed E-state index contributed by atoms with van der Waals surface area (Å²) in [5.41, 5.74) is 2.30. The van der Waals surface area contributed by atoms with Crippen LogP contribution in [0.3, 0.4) is 0 Å². The van der Waals surface area contributed by atoms with Crippen LogP contribution in [0.15, 0.2) is 64.2 Å². The Kier molecular flexibility index (Phi) is 5.38. The van der Waals surface area contributed by atoms with Gasteiger partial charge < -0.3 is 9.26 Å². The van der Waals surface area contributed by atoms with E-state index in [1.54, 1.807) is 24.3 Å². The molecule has 0 bridgehead atoms. The van der Waals surface area contributed by atoms with Crippen molar-refractivity contribution >= 4 is 16.9 Å². The summed E-state index contributed by atoms with van der Waals surface area (Å²) in [6.07, 6.45) is 1.33. The third-order valence-corrected chi connectivity index (χ3v) is 4.69. The van der Waals surface area contributed by atoms with E-state index in [1.807, 2.05) is 24.3 Å². The summed E-state index contributed by atoms with van der Waals surface area (Å²) >= 11 is 0. The molecule has 4 aromatic rings. The van der Waals surface area contributed by atoms with E-state index >= 15 is 0 Å². The molecule has 8 nitrogen and oxygen atoms in total. The monoisotopic (exact) mass is 404 g/mol. The Morgan fingerprint density at radius 2 is 1.90 bits per heavy atom. The van der Waals surface area contributed by atoms with Gasteiger partial charge in [-0.3, -0.25) is 14.2 Å². The van der Waals surface area contributed by atoms with Crippen LogP contribution in [-0.4, -0.2) is 25.7 Å². The molecule has 0 spiro atoms. The fourth-order valence-corrected chi connectivity index (χ4v) is 2.99. The minimum absolute atomic E-state index is 0.175. The normalized spacial score (nSPS) is 11.2. The molecule has 2 heterocycles. The first kappa shape index (κ1) is 19.5. The third kappa shape index (κ3) is 4.12. The number of fused-ring (bicyclic) bond motifs is 1. The van der Waals surface area contributed by atoms with Gasteiger partial charge in [0.25, 0.3) is 11.4 Å². The minimum atomic E-state index is -0.602. The van der Waals surface area contributed by atoms with Crippen LogP contribution in [0.2, 0.25) is 0 Å². The maximum absolute atomic E-state index is 12.4. The van der Waals surface area contributed by atoms with Crippen LogP contribution in [0.5, 0.6) is 0 Å². The number of para-hydroxylation sites is 1. The van der Waals surface area contributed by atoms with Gasteiger partial charge in [-0.25, -0.2) is 4.98 Å². The highest BCUT2D eigenvalue weighted by Crippen LogP contribution is 2.20. The van der Waals surface area contributed by atoms with E-state index in [0.717, 1.165) is 5.56 Å². The zero-order valence-electron chi connectivity index (χ0n) is 16.6. The van der Waals surface area contributed by atoms with E-state index in [4.69, 9.17) is 9.26 Å². The van der Waals surface area contributed by atoms with Gasteiger partial charge >= 0.3 is 5.97 Å². The lowest BCUT2D eigenvalue weighted by Gasteiger charge is -2.06. The van der Waals surface area contributed by atoms with E-state index in [2.05, 4.69) is 29.0 Å². The van der Waals surface area contributed by atoms with E-state index in [0.29, 0.717) is 22.6 Å². The number of aromatic nitrogens is 4. The molecule has 8 heteroatoms. The molecule has 0 fully saturated rings. The van der Waals surface area contributed by atoms with Gasteiger partial charge in [0.15, 0.2) is 6.61 Å². The lowest BCUT2D eigenvalue weighted by Crippen LogP contribution is -2.25. The average molecular weight is 404 g/mol. The van der Waals surface area contributed by atoms with Gasteiger partial charge in [0, 0.05) is 5.56 Å². The number of nitrogens with zero attached hydrogens (tertiary/aromatic N) is 4. The van der Waals surface area contributed by atoms with Crippen LogP contribution in [0.1, 0.15) is 31.2 Å². The zero-order valence-corrected chi connectivity index (χ0v) is 16.6. The van der Waals surface area contributed by atoms with E-state index < -0.39 is 5.97 Å². The van der Waals surface area contributed by atoms with Crippen molar-refractivity contribution in [1.82, 2.24) is 19.7 Å². The second-order valence-corrected chi connectivity index (χ2v) is 7.14. The van der Waals surface area contributed by atoms with Gasteiger partial charge in [0.2, 0.25) is 5.82 Å². The highest BCUT2D eigenvalue weighted by molar-refractivity contribution is 5.77. The van der Waals surface area contributed by atoms with Crippen LogP contribution in [-0.2, 0) is 22.7 Å². The first-order valence-electron chi connectivity index (χ1n) is 9.54. The second kappa shape index (κ2) is 8.28. The van der Waals surface area contributed by atoms with Gasteiger partial charge in [-0.05, 0) is 23.6 Å². The van der Waals surface area contributed by atoms with Crippen LogP contribution in [0.4, 0.5) is 0 Å². The van der Waals surface area contributed by atoms with Crippen molar-refractivity contribution in [3.63, 3.8) is 0 Å². The van der Waals surface area contributed by atoms with Crippen LogP contribution in [0, 0.1) is 0 Å². The molecule has 4 rings (SSSR count). The molecule has 0 aliphatic carbocycles. The Balaban J connectivity index is 1.39. The summed E-state index contributed by atoms with van der Waals surface area (Å²) in [5, 5.41) is 4.37. The van der Waals surface area contributed by atoms with Gasteiger partial charge in [-0.1, -0.05) is 55.4 Å². The van der Waals surface area contributed by atoms with Gasteiger partial charge in [0.1, 0.15) is 6.54 Å². The lowest BCUT2D eigenvalue weighted by molar-refractivity contribution is -0.146. The van der Waals surface area contributed by atoms with E-state index in [1.165, 1.54) is 16.5 Å². The topological polar surface area (TPSA) is 100 Å². The fraction of sp³-hybridized carbons (Fsp3) is 0.227. The minimum Gasteiger partial charge on any atom is -0.454 e. The summed E-state index contributed by atoms with van der Waals surface area (Å²) in [7, 11) is 0. The quantitative estimate of drug-likeness (QED) is 0.455. The number of hydrogen-bond acceptors (Lipinski definition) is 7. The molecule has 0 aliphatic heterocycles. The summed E-state index contributed by atoms with van der Waals surface area (Å²) in [6.45, 7) is 3.82. The Morgan fingerprint density at radius 3 is 2.67 bits per heavy atom. The summed E-state index contributed by atoms with van der Waals surface area (Å²) in [6, 6.07) is 14.8. The van der Waals surface area contributed by atoms with Crippen LogP contribution >= 0.6 is 0 Å².